The summed E-state index contributed by atoms with van der Waals surface area (Å²) in [5, 5.41) is 41.4. The molecule has 0 bridgehead atoms. The number of hydrogen-bond acceptors (Lipinski definition) is 4. The summed E-state index contributed by atoms with van der Waals surface area (Å²) in [7, 11) is 0. The van der Waals surface area contributed by atoms with Gasteiger partial charge in [-0.2, -0.15) is 0 Å². The zero-order valence-corrected chi connectivity index (χ0v) is 15.1. The number of hydrogen-bond donors (Lipinski definition) is 4. The van der Waals surface area contributed by atoms with Gasteiger partial charge >= 0.3 is 0 Å². The molecule has 4 nitrogen and oxygen atoms in total. The summed E-state index contributed by atoms with van der Waals surface area (Å²) in [6.45, 7) is 11.6. The van der Waals surface area contributed by atoms with E-state index in [2.05, 4.69) is 0 Å². The van der Waals surface area contributed by atoms with Crippen molar-refractivity contribution >= 4 is 0 Å². The lowest BCUT2D eigenvalue weighted by Gasteiger charge is -2.23. The Morgan fingerprint density at radius 1 is 0.500 bits per heavy atom. The lowest BCUT2D eigenvalue weighted by Crippen LogP contribution is -2.12. The predicted octanol–water partition coefficient (Wildman–Crippen LogP) is 4.77. The molecule has 0 heterocycles. The fraction of sp³-hybridized carbons (Fsp3) is 0.400. The van der Waals surface area contributed by atoms with Crippen LogP contribution in [-0.2, 0) is 10.8 Å². The van der Waals surface area contributed by atoms with E-state index in [1.54, 1.807) is 24.3 Å². The SMILES string of the molecule is CC(C)(C)c1ccc(-c2ccc(C(C)(C)C)c(O)c2O)c(O)c1O. The molecule has 0 atom stereocenters. The number of phenolic OH excluding ortho intramolecular Hbond substituents is 4. The van der Waals surface area contributed by atoms with Crippen LogP contribution in [0.3, 0.4) is 0 Å². The Bertz CT molecular complexity index is 710. The first-order chi connectivity index (χ1) is 10.9. The van der Waals surface area contributed by atoms with E-state index in [1.165, 1.54) is 0 Å². The molecule has 0 spiro atoms. The van der Waals surface area contributed by atoms with E-state index in [9.17, 15) is 20.4 Å². The Morgan fingerprint density at radius 2 is 0.792 bits per heavy atom. The quantitative estimate of drug-likeness (QED) is 0.568. The Hall–Kier alpha value is -2.36. The molecular weight excluding hydrogens is 304 g/mol. The van der Waals surface area contributed by atoms with Crippen LogP contribution in [0.4, 0.5) is 0 Å². The van der Waals surface area contributed by atoms with Crippen molar-refractivity contribution < 1.29 is 20.4 Å². The minimum absolute atomic E-state index is 0.209. The van der Waals surface area contributed by atoms with Gasteiger partial charge in [0.05, 0.1) is 0 Å². The second-order valence-corrected chi connectivity index (χ2v) is 8.22. The minimum Gasteiger partial charge on any atom is -0.504 e. The van der Waals surface area contributed by atoms with E-state index in [0.717, 1.165) is 0 Å². The second-order valence-electron chi connectivity index (χ2n) is 8.22. The van der Waals surface area contributed by atoms with Crippen LogP contribution >= 0.6 is 0 Å². The van der Waals surface area contributed by atoms with Crippen molar-refractivity contribution in [3.8, 4) is 34.1 Å². The molecule has 2 aromatic carbocycles. The molecule has 130 valence electrons. The maximum atomic E-state index is 10.4. The number of rotatable bonds is 1. The second kappa shape index (κ2) is 5.62. The highest BCUT2D eigenvalue weighted by Crippen LogP contribution is 2.48. The molecule has 24 heavy (non-hydrogen) atoms. The summed E-state index contributed by atoms with van der Waals surface area (Å²) < 4.78 is 0. The first-order valence-corrected chi connectivity index (χ1v) is 7.97. The summed E-state index contributed by atoms with van der Waals surface area (Å²) >= 11 is 0. The van der Waals surface area contributed by atoms with Gasteiger partial charge in [0.1, 0.15) is 0 Å². The van der Waals surface area contributed by atoms with Crippen LogP contribution in [-0.4, -0.2) is 20.4 Å². The lowest BCUT2D eigenvalue weighted by atomic mass is 9.83. The first kappa shape index (κ1) is 18.0. The highest BCUT2D eigenvalue weighted by Gasteiger charge is 2.26. The summed E-state index contributed by atoms with van der Waals surface area (Å²) in [4.78, 5) is 0. The number of benzene rings is 2. The first-order valence-electron chi connectivity index (χ1n) is 7.97. The van der Waals surface area contributed by atoms with Crippen LogP contribution in [0.1, 0.15) is 52.7 Å². The summed E-state index contributed by atoms with van der Waals surface area (Å²) in [6, 6.07) is 6.72. The molecule has 4 heteroatoms. The van der Waals surface area contributed by atoms with Crippen LogP contribution in [0.15, 0.2) is 24.3 Å². The highest BCUT2D eigenvalue weighted by molar-refractivity contribution is 5.81. The van der Waals surface area contributed by atoms with Crippen molar-refractivity contribution in [3.63, 3.8) is 0 Å². The number of aromatic hydroxyl groups is 4. The zero-order valence-electron chi connectivity index (χ0n) is 15.1. The molecule has 0 aliphatic carbocycles. The Labute approximate surface area is 143 Å². The van der Waals surface area contributed by atoms with Gasteiger partial charge in [-0.05, 0) is 23.0 Å². The van der Waals surface area contributed by atoms with Crippen LogP contribution < -0.4 is 0 Å². The van der Waals surface area contributed by atoms with Gasteiger partial charge in [-0.1, -0.05) is 53.7 Å². The van der Waals surface area contributed by atoms with Gasteiger partial charge in [-0.25, -0.2) is 0 Å². The van der Waals surface area contributed by atoms with Crippen LogP contribution in [0.5, 0.6) is 23.0 Å². The van der Waals surface area contributed by atoms with E-state index in [-0.39, 0.29) is 45.0 Å². The van der Waals surface area contributed by atoms with E-state index < -0.39 is 0 Å². The summed E-state index contributed by atoms with van der Waals surface area (Å²) in [6.07, 6.45) is 0. The molecule has 4 N–H and O–H groups in total. The zero-order chi connectivity index (χ0) is 18.4. The molecule has 0 fully saturated rings. The van der Waals surface area contributed by atoms with Crippen molar-refractivity contribution in [2.75, 3.05) is 0 Å². The molecule has 0 aliphatic rings. The van der Waals surface area contributed by atoms with E-state index in [1.807, 2.05) is 41.5 Å². The molecule has 0 aromatic heterocycles. The van der Waals surface area contributed by atoms with Crippen molar-refractivity contribution in [2.24, 2.45) is 0 Å². The van der Waals surface area contributed by atoms with Gasteiger partial charge in [-0.15, -0.1) is 0 Å². The topological polar surface area (TPSA) is 80.9 Å². The Morgan fingerprint density at radius 3 is 1.04 bits per heavy atom. The van der Waals surface area contributed by atoms with Crippen molar-refractivity contribution in [3.05, 3.63) is 35.4 Å². The van der Waals surface area contributed by atoms with Crippen LogP contribution in [0.2, 0.25) is 0 Å². The molecular formula is C20H26O4. The van der Waals surface area contributed by atoms with Crippen molar-refractivity contribution in [2.45, 2.75) is 52.4 Å². The molecule has 2 rings (SSSR count). The minimum atomic E-state index is -0.333. The fourth-order valence-corrected chi connectivity index (χ4v) is 2.80. The third-order valence-electron chi connectivity index (χ3n) is 4.21. The summed E-state index contributed by atoms with van der Waals surface area (Å²) in [5.74, 6) is -1.03. The monoisotopic (exact) mass is 330 g/mol. The maximum absolute atomic E-state index is 10.4. The van der Waals surface area contributed by atoms with Gasteiger partial charge < -0.3 is 20.4 Å². The molecule has 0 amide bonds. The van der Waals surface area contributed by atoms with Crippen LogP contribution in [0, 0.1) is 0 Å². The lowest BCUT2D eigenvalue weighted by molar-refractivity contribution is 0.385. The highest BCUT2D eigenvalue weighted by atomic mass is 16.3. The average molecular weight is 330 g/mol. The third-order valence-corrected chi connectivity index (χ3v) is 4.21. The third kappa shape index (κ3) is 3.01. The van der Waals surface area contributed by atoms with Crippen molar-refractivity contribution in [1.29, 1.82) is 0 Å². The van der Waals surface area contributed by atoms with Gasteiger partial charge in [0.25, 0.3) is 0 Å². The molecule has 0 radical (unpaired) electrons. The molecule has 0 saturated carbocycles. The van der Waals surface area contributed by atoms with E-state index in [0.29, 0.717) is 11.1 Å². The molecule has 2 aromatic rings. The molecule has 0 saturated heterocycles. The molecule has 0 aliphatic heterocycles. The van der Waals surface area contributed by atoms with Crippen LogP contribution in [0.25, 0.3) is 11.1 Å². The maximum Gasteiger partial charge on any atom is 0.165 e. The predicted molar refractivity (Wildman–Crippen MR) is 95.9 cm³/mol. The van der Waals surface area contributed by atoms with E-state index >= 15 is 0 Å². The van der Waals surface area contributed by atoms with Gasteiger partial charge in [-0.3, -0.25) is 0 Å². The standard InChI is InChI=1S/C20H26O4/c1-19(2,3)13-9-7-11(15(21)17(13)23)12-8-10-14(20(4,5)6)18(24)16(12)22/h7-10,21-24H,1-6H3. The smallest absolute Gasteiger partial charge is 0.165 e. The fourth-order valence-electron chi connectivity index (χ4n) is 2.80. The van der Waals surface area contributed by atoms with Gasteiger partial charge in [0, 0.05) is 22.3 Å². The largest absolute Gasteiger partial charge is 0.504 e. The Balaban J connectivity index is 2.67. The van der Waals surface area contributed by atoms with Gasteiger partial charge in [0.15, 0.2) is 23.0 Å². The van der Waals surface area contributed by atoms with E-state index in [4.69, 9.17) is 0 Å². The molecule has 0 unspecified atom stereocenters. The summed E-state index contributed by atoms with van der Waals surface area (Å²) in [5.41, 5.74) is 1.10. The average Bonchev–Trinajstić information content (AvgIpc) is 2.42. The Kier molecular flexibility index (Phi) is 4.21. The van der Waals surface area contributed by atoms with Crippen molar-refractivity contribution in [1.82, 2.24) is 0 Å². The number of phenols is 4. The van der Waals surface area contributed by atoms with Gasteiger partial charge in [0.2, 0.25) is 0 Å². The normalized spacial score (nSPS) is 12.4.